The molecule has 4 heteroatoms. The molecule has 0 aliphatic rings. The lowest BCUT2D eigenvalue weighted by Gasteiger charge is -2.18. The van der Waals surface area contributed by atoms with Crippen molar-refractivity contribution in [2.75, 3.05) is 19.5 Å². The summed E-state index contributed by atoms with van der Waals surface area (Å²) < 4.78 is 11.1. The van der Waals surface area contributed by atoms with E-state index in [-0.39, 0.29) is 0 Å². The van der Waals surface area contributed by atoms with Crippen LogP contribution in [-0.4, -0.2) is 23.5 Å². The highest BCUT2D eigenvalue weighted by Gasteiger charge is 2.21. The van der Waals surface area contributed by atoms with Gasteiger partial charge in [-0.05, 0) is 30.2 Å². The summed E-state index contributed by atoms with van der Waals surface area (Å²) in [5.74, 6) is 0. The van der Waals surface area contributed by atoms with Gasteiger partial charge in [-0.15, -0.1) is 0 Å². The summed E-state index contributed by atoms with van der Waals surface area (Å²) in [6, 6.07) is 16.5. The van der Waals surface area contributed by atoms with Crippen LogP contribution in [-0.2, 0) is 15.3 Å². The van der Waals surface area contributed by atoms with E-state index < -0.39 is 9.28 Å². The minimum atomic E-state index is -1.41. The second-order valence-corrected chi connectivity index (χ2v) is 6.70. The van der Waals surface area contributed by atoms with Crippen LogP contribution < -0.4 is 10.5 Å². The number of para-hydroxylation sites is 1. The fourth-order valence-electron chi connectivity index (χ4n) is 2.39. The first-order valence-corrected chi connectivity index (χ1v) is 8.51. The molecule has 0 unspecified atom stereocenters. The van der Waals surface area contributed by atoms with Crippen LogP contribution in [0.4, 0.5) is 11.4 Å². The van der Waals surface area contributed by atoms with Crippen molar-refractivity contribution in [3.8, 4) is 0 Å². The quantitative estimate of drug-likeness (QED) is 0.795. The minimum absolute atomic E-state index is 1.01. The fraction of sp³-hybridized carbons (Fsp3) is 0.294. The first kappa shape index (κ1) is 15.8. The molecule has 1 radical (unpaired) electrons. The number of hydrogen-bond donors (Lipinski definition) is 1. The zero-order valence-electron chi connectivity index (χ0n) is 12.8. The summed E-state index contributed by atoms with van der Waals surface area (Å²) in [6.07, 6.45) is 2.09. The summed E-state index contributed by atoms with van der Waals surface area (Å²) >= 11 is 0. The Labute approximate surface area is 128 Å². The summed E-state index contributed by atoms with van der Waals surface area (Å²) in [4.78, 5) is 0. The molecule has 2 rings (SSSR count). The van der Waals surface area contributed by atoms with Crippen LogP contribution in [0.2, 0.25) is 0 Å². The first-order chi connectivity index (χ1) is 10.3. The normalized spacial score (nSPS) is 10.9. The molecule has 0 spiro atoms. The van der Waals surface area contributed by atoms with E-state index in [1.807, 2.05) is 18.2 Å². The molecule has 0 aliphatic carbocycles. The van der Waals surface area contributed by atoms with Crippen molar-refractivity contribution >= 4 is 25.8 Å². The summed E-state index contributed by atoms with van der Waals surface area (Å²) in [5, 5.41) is 4.69. The van der Waals surface area contributed by atoms with Gasteiger partial charge in [0, 0.05) is 30.8 Å². The van der Waals surface area contributed by atoms with E-state index in [4.69, 9.17) is 8.85 Å². The molecule has 2 aromatic rings. The fourth-order valence-corrected chi connectivity index (χ4v) is 3.74. The van der Waals surface area contributed by atoms with Gasteiger partial charge in [-0.2, -0.15) is 0 Å². The zero-order chi connectivity index (χ0) is 15.1. The van der Waals surface area contributed by atoms with Crippen LogP contribution in [0.25, 0.3) is 0 Å². The van der Waals surface area contributed by atoms with Crippen LogP contribution in [0.15, 0.2) is 48.5 Å². The van der Waals surface area contributed by atoms with Crippen molar-refractivity contribution in [2.45, 2.75) is 19.8 Å². The molecule has 0 saturated heterocycles. The van der Waals surface area contributed by atoms with Gasteiger partial charge < -0.3 is 14.2 Å². The van der Waals surface area contributed by atoms with Crippen molar-refractivity contribution in [2.24, 2.45) is 0 Å². The summed E-state index contributed by atoms with van der Waals surface area (Å²) in [7, 11) is 2.02. The third-order valence-corrected chi connectivity index (χ3v) is 4.97. The van der Waals surface area contributed by atoms with Crippen LogP contribution in [0.3, 0.4) is 0 Å². The number of rotatable bonds is 7. The Morgan fingerprint density at radius 1 is 0.952 bits per heavy atom. The van der Waals surface area contributed by atoms with Crippen molar-refractivity contribution in [3.05, 3.63) is 54.1 Å². The molecule has 0 saturated carbocycles. The van der Waals surface area contributed by atoms with Gasteiger partial charge in [-0.1, -0.05) is 43.7 Å². The molecule has 2 aromatic carbocycles. The number of anilines is 2. The predicted molar refractivity (Wildman–Crippen MR) is 89.6 cm³/mol. The van der Waals surface area contributed by atoms with E-state index in [9.17, 15) is 0 Å². The monoisotopic (exact) mass is 300 g/mol. The van der Waals surface area contributed by atoms with Crippen LogP contribution >= 0.6 is 0 Å². The van der Waals surface area contributed by atoms with Gasteiger partial charge in [-0.3, -0.25) is 0 Å². The zero-order valence-corrected chi connectivity index (χ0v) is 13.8. The van der Waals surface area contributed by atoms with E-state index >= 15 is 0 Å². The van der Waals surface area contributed by atoms with Gasteiger partial charge in [0.05, 0.1) is 0 Å². The highest BCUT2D eigenvalue weighted by Crippen LogP contribution is 2.21. The Morgan fingerprint density at radius 3 is 2.29 bits per heavy atom. The largest absolute Gasteiger partial charge is 0.423 e. The van der Waals surface area contributed by atoms with Crippen molar-refractivity contribution < 1.29 is 8.85 Å². The molecule has 3 nitrogen and oxygen atoms in total. The molecule has 0 amide bonds. The van der Waals surface area contributed by atoms with E-state index in [1.165, 1.54) is 10.8 Å². The van der Waals surface area contributed by atoms with Crippen molar-refractivity contribution in [1.29, 1.82) is 0 Å². The second kappa shape index (κ2) is 7.98. The Balaban J connectivity index is 2.38. The number of benzene rings is 2. The molecule has 1 N–H and O–H groups in total. The average Bonchev–Trinajstić information content (AvgIpc) is 2.52. The number of nitrogens with one attached hydrogen (secondary N) is 1. The van der Waals surface area contributed by atoms with Crippen LogP contribution in [0.1, 0.15) is 18.9 Å². The second-order valence-electron chi connectivity index (χ2n) is 4.77. The lowest BCUT2D eigenvalue weighted by atomic mass is 10.1. The van der Waals surface area contributed by atoms with Gasteiger partial charge in [-0.25, -0.2) is 0 Å². The molecule has 0 aliphatic heterocycles. The first-order valence-electron chi connectivity index (χ1n) is 7.19. The molecule has 0 atom stereocenters. The minimum Gasteiger partial charge on any atom is -0.393 e. The van der Waals surface area contributed by atoms with Gasteiger partial charge in [0.1, 0.15) is 0 Å². The van der Waals surface area contributed by atoms with Crippen LogP contribution in [0.5, 0.6) is 0 Å². The van der Waals surface area contributed by atoms with E-state index in [0.717, 1.165) is 24.2 Å². The van der Waals surface area contributed by atoms with Crippen LogP contribution in [0, 0.1) is 0 Å². The van der Waals surface area contributed by atoms with Gasteiger partial charge in [0.25, 0.3) is 0 Å². The summed E-state index contributed by atoms with van der Waals surface area (Å²) in [6.45, 7) is 2.19. The highest BCUT2D eigenvalue weighted by molar-refractivity contribution is 6.62. The molecule has 0 bridgehead atoms. The predicted octanol–water partition coefficient (Wildman–Crippen LogP) is 3.37. The van der Waals surface area contributed by atoms with Gasteiger partial charge in [0.2, 0.25) is 0 Å². The molecule has 21 heavy (non-hydrogen) atoms. The Hall–Kier alpha value is -1.62. The molecule has 0 fully saturated rings. The maximum Gasteiger partial charge on any atom is 0.423 e. The molecular weight excluding hydrogens is 278 g/mol. The molecule has 111 valence electrons. The molecular formula is C17H22NO2Si. The van der Waals surface area contributed by atoms with Gasteiger partial charge >= 0.3 is 9.28 Å². The highest BCUT2D eigenvalue weighted by atomic mass is 28.3. The maximum absolute atomic E-state index is 5.53. The Bertz CT molecular complexity index is 556. The Kier molecular flexibility index (Phi) is 5.99. The topological polar surface area (TPSA) is 30.5 Å². The standard InChI is InChI=1S/C17H22NO2Si/c1-4-9-15-16(18-14-10-6-5-7-11-14)12-8-13-17(15)21(19-2)20-3/h5-8,10-13,18H,4,9H2,1-3H3. The Morgan fingerprint density at radius 2 is 1.67 bits per heavy atom. The molecule has 0 aromatic heterocycles. The van der Waals surface area contributed by atoms with Gasteiger partial charge in [0.15, 0.2) is 0 Å². The molecule has 0 heterocycles. The van der Waals surface area contributed by atoms with Crippen molar-refractivity contribution in [1.82, 2.24) is 0 Å². The smallest absolute Gasteiger partial charge is 0.393 e. The third-order valence-electron chi connectivity index (χ3n) is 3.32. The maximum atomic E-state index is 5.53. The average molecular weight is 300 g/mol. The third kappa shape index (κ3) is 3.94. The summed E-state index contributed by atoms with van der Waals surface area (Å²) in [5.41, 5.74) is 3.52. The van der Waals surface area contributed by atoms with E-state index in [1.54, 1.807) is 14.2 Å². The lowest BCUT2D eigenvalue weighted by Crippen LogP contribution is -2.37. The van der Waals surface area contributed by atoms with Crippen molar-refractivity contribution in [3.63, 3.8) is 0 Å². The number of hydrogen-bond acceptors (Lipinski definition) is 3. The van der Waals surface area contributed by atoms with E-state index in [2.05, 4.69) is 42.6 Å². The lowest BCUT2D eigenvalue weighted by molar-refractivity contribution is 0.291. The SMILES string of the molecule is CCCc1c(Nc2ccccc2)cccc1[Si](OC)OC. The van der Waals surface area contributed by atoms with E-state index in [0.29, 0.717) is 0 Å².